The lowest BCUT2D eigenvalue weighted by Gasteiger charge is -2.30. The summed E-state index contributed by atoms with van der Waals surface area (Å²) in [6, 6.07) is 13.2. The van der Waals surface area contributed by atoms with Gasteiger partial charge >= 0.3 is 0 Å². The van der Waals surface area contributed by atoms with Crippen LogP contribution in [0.25, 0.3) is 0 Å². The molecule has 1 aliphatic heterocycles. The number of anilines is 1. The largest absolute Gasteiger partial charge is 0.493 e. The number of benzene rings is 2. The smallest absolute Gasteiger partial charge is 0.265 e. The number of nitrogens with zero attached hydrogens (tertiary/aromatic N) is 1. The number of methoxy groups -OCH3 is 1. The second-order valence-electron chi connectivity index (χ2n) is 5.06. The molecule has 1 heterocycles. The monoisotopic (exact) mass is 299 g/mol. The number of aliphatic hydroxyl groups is 1. The van der Waals surface area contributed by atoms with Crippen molar-refractivity contribution in [2.75, 3.05) is 18.6 Å². The maximum Gasteiger partial charge on any atom is 0.265 e. The molecule has 0 aliphatic carbocycles. The lowest BCUT2D eigenvalue weighted by Crippen LogP contribution is -2.38. The topological polar surface area (TPSA) is 59.0 Å². The molecule has 0 radical (unpaired) electrons. The van der Waals surface area contributed by atoms with E-state index in [1.54, 1.807) is 17.0 Å². The van der Waals surface area contributed by atoms with Crippen LogP contribution in [0, 0.1) is 0 Å². The number of hydrogen-bond donors (Lipinski definition) is 1. The van der Waals surface area contributed by atoms with Crippen LogP contribution in [-0.2, 0) is 17.9 Å². The summed E-state index contributed by atoms with van der Waals surface area (Å²) in [7, 11) is 1.54. The first-order chi connectivity index (χ1) is 10.7. The van der Waals surface area contributed by atoms with Gasteiger partial charge in [0.2, 0.25) is 0 Å². The van der Waals surface area contributed by atoms with Crippen molar-refractivity contribution in [1.82, 2.24) is 0 Å². The lowest BCUT2D eigenvalue weighted by molar-refractivity contribution is -0.121. The fourth-order valence-electron chi connectivity index (χ4n) is 2.52. The average Bonchev–Trinajstić information content (AvgIpc) is 2.57. The Kier molecular flexibility index (Phi) is 3.98. The van der Waals surface area contributed by atoms with E-state index < -0.39 is 0 Å². The van der Waals surface area contributed by atoms with E-state index in [0.29, 0.717) is 29.3 Å². The third-order valence-electron chi connectivity index (χ3n) is 3.61. The van der Waals surface area contributed by atoms with E-state index in [1.807, 2.05) is 30.3 Å². The van der Waals surface area contributed by atoms with Gasteiger partial charge in [0.05, 0.1) is 25.9 Å². The highest BCUT2D eigenvalue weighted by molar-refractivity contribution is 5.98. The Morgan fingerprint density at radius 2 is 2.00 bits per heavy atom. The van der Waals surface area contributed by atoms with Crippen LogP contribution in [0.2, 0.25) is 0 Å². The van der Waals surface area contributed by atoms with Gasteiger partial charge in [0, 0.05) is 0 Å². The molecule has 1 aliphatic rings. The van der Waals surface area contributed by atoms with Gasteiger partial charge in [0.25, 0.3) is 5.91 Å². The van der Waals surface area contributed by atoms with Crippen LogP contribution >= 0.6 is 0 Å². The van der Waals surface area contributed by atoms with Gasteiger partial charge in [0.1, 0.15) is 0 Å². The average molecular weight is 299 g/mol. The molecule has 0 aromatic heterocycles. The second kappa shape index (κ2) is 6.07. The van der Waals surface area contributed by atoms with Gasteiger partial charge in [-0.1, -0.05) is 30.3 Å². The minimum absolute atomic E-state index is 0.0192. The molecular formula is C17H17NO4. The first-order valence-corrected chi connectivity index (χ1v) is 7.02. The predicted molar refractivity (Wildman–Crippen MR) is 82.0 cm³/mol. The van der Waals surface area contributed by atoms with Gasteiger partial charge in [0.15, 0.2) is 18.1 Å². The Bertz CT molecular complexity index is 685. The zero-order valence-electron chi connectivity index (χ0n) is 12.3. The molecule has 2 aromatic rings. The molecule has 0 bridgehead atoms. The van der Waals surface area contributed by atoms with Crippen molar-refractivity contribution in [3.63, 3.8) is 0 Å². The van der Waals surface area contributed by atoms with Crippen molar-refractivity contribution in [1.29, 1.82) is 0 Å². The SMILES string of the molecule is COc1cc(CO)cc2c1OCC(=O)N2Cc1ccccc1. The molecule has 0 unspecified atom stereocenters. The quantitative estimate of drug-likeness (QED) is 0.939. The van der Waals surface area contributed by atoms with Crippen LogP contribution in [0.3, 0.4) is 0 Å². The van der Waals surface area contributed by atoms with Crippen molar-refractivity contribution >= 4 is 11.6 Å². The summed E-state index contributed by atoms with van der Waals surface area (Å²) in [5.41, 5.74) is 2.33. The van der Waals surface area contributed by atoms with Crippen molar-refractivity contribution in [3.05, 3.63) is 53.6 Å². The van der Waals surface area contributed by atoms with Gasteiger partial charge in [-0.05, 0) is 23.3 Å². The predicted octanol–water partition coefficient (Wildman–Crippen LogP) is 2.11. The van der Waals surface area contributed by atoms with E-state index in [-0.39, 0.29) is 19.1 Å². The molecule has 0 spiro atoms. The first-order valence-electron chi connectivity index (χ1n) is 7.02. The van der Waals surface area contributed by atoms with Crippen molar-refractivity contribution in [3.8, 4) is 11.5 Å². The Morgan fingerprint density at radius 3 is 2.68 bits per heavy atom. The van der Waals surface area contributed by atoms with E-state index in [4.69, 9.17) is 9.47 Å². The van der Waals surface area contributed by atoms with Crippen molar-refractivity contribution < 1.29 is 19.4 Å². The van der Waals surface area contributed by atoms with Crippen molar-refractivity contribution in [2.24, 2.45) is 0 Å². The number of carbonyl (C=O) groups is 1. The zero-order chi connectivity index (χ0) is 15.5. The summed E-state index contributed by atoms with van der Waals surface area (Å²) < 4.78 is 10.8. The molecule has 5 nitrogen and oxygen atoms in total. The zero-order valence-corrected chi connectivity index (χ0v) is 12.3. The minimum Gasteiger partial charge on any atom is -0.493 e. The van der Waals surface area contributed by atoms with Gasteiger partial charge < -0.3 is 19.5 Å². The fourth-order valence-corrected chi connectivity index (χ4v) is 2.52. The maximum absolute atomic E-state index is 12.3. The van der Waals surface area contributed by atoms with E-state index in [2.05, 4.69) is 0 Å². The number of amides is 1. The highest BCUT2D eigenvalue weighted by atomic mass is 16.5. The van der Waals surface area contributed by atoms with E-state index in [1.165, 1.54) is 7.11 Å². The maximum atomic E-state index is 12.3. The number of rotatable bonds is 4. The van der Waals surface area contributed by atoms with Crippen LogP contribution in [0.1, 0.15) is 11.1 Å². The molecule has 114 valence electrons. The van der Waals surface area contributed by atoms with E-state index >= 15 is 0 Å². The molecule has 0 atom stereocenters. The van der Waals surface area contributed by atoms with E-state index in [0.717, 1.165) is 5.56 Å². The van der Waals surface area contributed by atoms with Crippen LogP contribution in [0.4, 0.5) is 5.69 Å². The number of fused-ring (bicyclic) bond motifs is 1. The number of aliphatic hydroxyl groups excluding tert-OH is 1. The highest BCUT2D eigenvalue weighted by Crippen LogP contribution is 2.42. The molecule has 22 heavy (non-hydrogen) atoms. The van der Waals surface area contributed by atoms with Gasteiger partial charge in [-0.2, -0.15) is 0 Å². The van der Waals surface area contributed by atoms with Crippen LogP contribution < -0.4 is 14.4 Å². The molecule has 0 saturated heterocycles. The molecule has 0 saturated carbocycles. The normalized spacial score (nSPS) is 13.5. The Labute approximate surface area is 128 Å². The first kappa shape index (κ1) is 14.4. The Hall–Kier alpha value is -2.53. The summed E-state index contributed by atoms with van der Waals surface area (Å²) in [6.07, 6.45) is 0. The van der Waals surface area contributed by atoms with Crippen LogP contribution in [0.15, 0.2) is 42.5 Å². The number of hydrogen-bond acceptors (Lipinski definition) is 4. The third kappa shape index (κ3) is 2.63. The van der Waals surface area contributed by atoms with Gasteiger partial charge in [-0.3, -0.25) is 4.79 Å². The summed E-state index contributed by atoms with van der Waals surface area (Å²) >= 11 is 0. The lowest BCUT2D eigenvalue weighted by atomic mass is 10.1. The molecule has 5 heteroatoms. The van der Waals surface area contributed by atoms with Gasteiger partial charge in [-0.15, -0.1) is 0 Å². The van der Waals surface area contributed by atoms with Crippen LogP contribution in [-0.4, -0.2) is 24.7 Å². The number of carbonyl (C=O) groups excluding carboxylic acids is 1. The standard InChI is InChI=1S/C17H17NO4/c1-21-15-8-13(10-19)7-14-17(15)22-11-16(20)18(14)9-12-5-3-2-4-6-12/h2-8,19H,9-11H2,1H3. The van der Waals surface area contributed by atoms with Crippen molar-refractivity contribution in [2.45, 2.75) is 13.2 Å². The molecule has 0 fully saturated rings. The summed E-state index contributed by atoms with van der Waals surface area (Å²) in [5, 5.41) is 9.40. The number of ether oxygens (including phenoxy) is 2. The molecule has 3 rings (SSSR count). The fraction of sp³-hybridized carbons (Fsp3) is 0.235. The van der Waals surface area contributed by atoms with Crippen LogP contribution in [0.5, 0.6) is 11.5 Å². The minimum atomic E-state index is -0.128. The molecular weight excluding hydrogens is 282 g/mol. The Morgan fingerprint density at radius 1 is 1.23 bits per heavy atom. The molecule has 2 aromatic carbocycles. The highest BCUT2D eigenvalue weighted by Gasteiger charge is 2.28. The Balaban J connectivity index is 2.04. The summed E-state index contributed by atoms with van der Waals surface area (Å²) in [5.74, 6) is 0.941. The summed E-state index contributed by atoms with van der Waals surface area (Å²) in [4.78, 5) is 13.9. The summed E-state index contributed by atoms with van der Waals surface area (Å²) in [6.45, 7) is 0.305. The molecule has 1 N–H and O–H groups in total. The third-order valence-corrected chi connectivity index (χ3v) is 3.61. The second-order valence-corrected chi connectivity index (χ2v) is 5.06. The molecule has 1 amide bonds. The van der Waals surface area contributed by atoms with E-state index in [9.17, 15) is 9.90 Å². The van der Waals surface area contributed by atoms with Gasteiger partial charge in [-0.25, -0.2) is 0 Å².